The van der Waals surface area contributed by atoms with Crippen molar-refractivity contribution in [1.29, 1.82) is 0 Å². The minimum atomic E-state index is -2.96. The molecule has 7 heteroatoms. The van der Waals surface area contributed by atoms with Crippen LogP contribution in [-0.2, 0) is 16.4 Å². The first-order chi connectivity index (χ1) is 11.9. The zero-order chi connectivity index (χ0) is 18.7. The maximum Gasteiger partial charge on any atom is 0.191 e. The van der Waals surface area contributed by atoms with Gasteiger partial charge in [0, 0.05) is 24.4 Å². The van der Waals surface area contributed by atoms with Crippen molar-refractivity contribution in [2.24, 2.45) is 4.99 Å². The molecule has 1 aromatic carbocycles. The minimum absolute atomic E-state index is 0.000200. The monoisotopic (exact) mass is 367 g/mol. The second-order valence-corrected chi connectivity index (χ2v) is 8.13. The number of hydrogen-bond donors (Lipinski definition) is 2. The first-order valence-corrected chi connectivity index (χ1v) is 10.5. The molecule has 0 saturated carbocycles. The van der Waals surface area contributed by atoms with Gasteiger partial charge in [-0.2, -0.15) is 0 Å². The van der Waals surface area contributed by atoms with E-state index in [0.717, 1.165) is 17.9 Å². The lowest BCUT2D eigenvalue weighted by atomic mass is 10.2. The van der Waals surface area contributed by atoms with Crippen LogP contribution in [0.25, 0.3) is 0 Å². The second kappa shape index (κ2) is 10.8. The number of sulfone groups is 1. The number of nitrogens with zero attached hydrogens (tertiary/aromatic N) is 1. The van der Waals surface area contributed by atoms with Gasteiger partial charge >= 0.3 is 0 Å². The fourth-order valence-corrected chi connectivity index (χ4v) is 2.89. The molecular formula is C18H29N3O3S. The molecule has 0 aliphatic rings. The average Bonchev–Trinajstić information content (AvgIpc) is 2.56. The molecule has 6 nitrogen and oxygen atoms in total. The number of para-hydroxylation sites is 1. The zero-order valence-corrected chi connectivity index (χ0v) is 16.1. The Hall–Kier alpha value is -2.02. The number of rotatable bonds is 10. The Balaban J connectivity index is 2.73. The summed E-state index contributed by atoms with van der Waals surface area (Å²) < 4.78 is 28.2. The Kier molecular flexibility index (Phi) is 9.05. The van der Waals surface area contributed by atoms with Gasteiger partial charge < -0.3 is 15.4 Å². The third kappa shape index (κ3) is 9.14. The van der Waals surface area contributed by atoms with Crippen molar-refractivity contribution in [2.75, 3.05) is 25.2 Å². The van der Waals surface area contributed by atoms with Crippen LogP contribution in [0.15, 0.2) is 41.9 Å². The van der Waals surface area contributed by atoms with Gasteiger partial charge in [-0.05, 0) is 26.3 Å². The number of ether oxygens (including phenoxy) is 1. The van der Waals surface area contributed by atoms with Gasteiger partial charge in [-0.15, -0.1) is 0 Å². The van der Waals surface area contributed by atoms with E-state index in [1.54, 1.807) is 6.08 Å². The molecule has 1 atom stereocenters. The Morgan fingerprint density at radius 3 is 2.76 bits per heavy atom. The number of hydrogen-bond acceptors (Lipinski definition) is 4. The number of guanidine groups is 1. The third-order valence-corrected chi connectivity index (χ3v) is 4.36. The summed E-state index contributed by atoms with van der Waals surface area (Å²) in [5.41, 5.74) is 0.977. The number of nitrogens with one attached hydrogen (secondary N) is 2. The molecule has 1 rings (SSSR count). The Morgan fingerprint density at radius 2 is 2.12 bits per heavy atom. The summed E-state index contributed by atoms with van der Waals surface area (Å²) in [4.78, 5) is 4.58. The van der Waals surface area contributed by atoms with E-state index in [1.165, 1.54) is 6.26 Å². The Labute approximate surface area is 151 Å². The van der Waals surface area contributed by atoms with Crippen LogP contribution >= 0.6 is 0 Å². The second-order valence-electron chi connectivity index (χ2n) is 5.87. The summed E-state index contributed by atoms with van der Waals surface area (Å²) in [5, 5.41) is 6.42. The summed E-state index contributed by atoms with van der Waals surface area (Å²) in [6.45, 7) is 9.21. The van der Waals surface area contributed by atoms with E-state index in [1.807, 2.05) is 38.1 Å². The molecule has 0 aromatic heterocycles. The molecule has 0 amide bonds. The van der Waals surface area contributed by atoms with Gasteiger partial charge in [0.15, 0.2) is 5.96 Å². The van der Waals surface area contributed by atoms with E-state index >= 15 is 0 Å². The molecule has 0 fully saturated rings. The molecule has 0 radical (unpaired) electrons. The van der Waals surface area contributed by atoms with Gasteiger partial charge in [0.2, 0.25) is 0 Å². The van der Waals surface area contributed by atoms with E-state index in [-0.39, 0.29) is 11.8 Å². The molecule has 2 N–H and O–H groups in total. The molecule has 0 bridgehead atoms. The highest BCUT2D eigenvalue weighted by molar-refractivity contribution is 7.90. The quantitative estimate of drug-likeness (QED) is 0.376. The molecule has 0 saturated heterocycles. The molecule has 0 heterocycles. The maximum absolute atomic E-state index is 11.3. The summed E-state index contributed by atoms with van der Waals surface area (Å²) in [5.74, 6) is 1.59. The van der Waals surface area contributed by atoms with Gasteiger partial charge in [-0.25, -0.2) is 13.4 Å². The number of aliphatic imine (C=N–C) groups is 1. The first-order valence-electron chi connectivity index (χ1n) is 8.40. The van der Waals surface area contributed by atoms with Crippen LogP contribution in [-0.4, -0.2) is 45.6 Å². The lowest BCUT2D eigenvalue weighted by Crippen LogP contribution is -2.42. The molecule has 1 aromatic rings. The van der Waals surface area contributed by atoms with E-state index in [2.05, 4.69) is 22.2 Å². The highest BCUT2D eigenvalue weighted by Crippen LogP contribution is 2.18. The predicted molar refractivity (Wildman–Crippen MR) is 104 cm³/mol. The average molecular weight is 368 g/mol. The molecule has 0 aliphatic heterocycles. The lowest BCUT2D eigenvalue weighted by Gasteiger charge is -2.17. The summed E-state index contributed by atoms with van der Waals surface area (Å²) >= 11 is 0. The smallest absolute Gasteiger partial charge is 0.191 e. The van der Waals surface area contributed by atoms with Crippen LogP contribution in [0.5, 0.6) is 5.75 Å². The van der Waals surface area contributed by atoms with Crippen LogP contribution in [0, 0.1) is 0 Å². The van der Waals surface area contributed by atoms with Crippen LogP contribution in [0.3, 0.4) is 0 Å². The molecule has 0 aliphatic carbocycles. The van der Waals surface area contributed by atoms with E-state index in [4.69, 9.17) is 4.74 Å². The zero-order valence-electron chi connectivity index (χ0n) is 15.3. The Bertz CT molecular complexity index is 672. The van der Waals surface area contributed by atoms with Crippen molar-refractivity contribution in [3.05, 3.63) is 42.5 Å². The summed E-state index contributed by atoms with van der Waals surface area (Å²) in [7, 11) is -2.96. The Morgan fingerprint density at radius 1 is 1.40 bits per heavy atom. The van der Waals surface area contributed by atoms with Crippen LogP contribution < -0.4 is 15.4 Å². The van der Waals surface area contributed by atoms with Crippen molar-refractivity contribution in [2.45, 2.75) is 32.9 Å². The van der Waals surface area contributed by atoms with Crippen molar-refractivity contribution in [1.82, 2.24) is 10.6 Å². The highest BCUT2D eigenvalue weighted by atomic mass is 32.2. The fourth-order valence-electron chi connectivity index (χ4n) is 2.10. The van der Waals surface area contributed by atoms with Crippen LogP contribution in [0.1, 0.15) is 25.8 Å². The molecular weight excluding hydrogens is 338 g/mol. The van der Waals surface area contributed by atoms with Crippen molar-refractivity contribution >= 4 is 15.8 Å². The number of benzene rings is 1. The minimum Gasteiger partial charge on any atom is -0.489 e. The lowest BCUT2D eigenvalue weighted by molar-refractivity contribution is 0.359. The highest BCUT2D eigenvalue weighted by Gasteiger charge is 2.10. The SMILES string of the molecule is C=CCOc1ccccc1CN=C(NCC)NC(C)CCS(C)(=O)=O. The third-order valence-electron chi connectivity index (χ3n) is 3.39. The van der Waals surface area contributed by atoms with Gasteiger partial charge in [-0.1, -0.05) is 30.9 Å². The van der Waals surface area contributed by atoms with Gasteiger partial charge in [-0.3, -0.25) is 0 Å². The largest absolute Gasteiger partial charge is 0.489 e. The van der Waals surface area contributed by atoms with Crippen molar-refractivity contribution in [3.63, 3.8) is 0 Å². The normalized spacial score (nSPS) is 13.2. The van der Waals surface area contributed by atoms with E-state index < -0.39 is 9.84 Å². The topological polar surface area (TPSA) is 79.8 Å². The van der Waals surface area contributed by atoms with Gasteiger partial charge in [0.1, 0.15) is 22.2 Å². The molecule has 0 spiro atoms. The molecule has 1 unspecified atom stereocenters. The molecule has 25 heavy (non-hydrogen) atoms. The van der Waals surface area contributed by atoms with Gasteiger partial charge in [0.25, 0.3) is 0 Å². The first kappa shape index (κ1) is 21.0. The van der Waals surface area contributed by atoms with Crippen molar-refractivity contribution in [3.8, 4) is 5.75 Å². The summed E-state index contributed by atoms with van der Waals surface area (Å²) in [6.07, 6.45) is 3.48. The standard InChI is InChI=1S/C18H29N3O3S/c1-5-12-24-17-10-8-7-9-16(17)14-20-18(19-6-2)21-15(3)11-13-25(4,22)23/h5,7-10,15H,1,6,11-14H2,2-4H3,(H2,19,20,21). The van der Waals surface area contributed by atoms with Crippen LogP contribution in [0.2, 0.25) is 0 Å². The van der Waals surface area contributed by atoms with E-state index in [0.29, 0.717) is 25.5 Å². The molecule has 140 valence electrons. The van der Waals surface area contributed by atoms with Crippen molar-refractivity contribution < 1.29 is 13.2 Å². The van der Waals surface area contributed by atoms with Crippen LogP contribution in [0.4, 0.5) is 0 Å². The van der Waals surface area contributed by atoms with E-state index in [9.17, 15) is 8.42 Å². The fraction of sp³-hybridized carbons (Fsp3) is 0.500. The maximum atomic E-state index is 11.3. The predicted octanol–water partition coefficient (Wildman–Crippen LogP) is 2.13. The van der Waals surface area contributed by atoms with Gasteiger partial charge in [0.05, 0.1) is 12.3 Å². The summed E-state index contributed by atoms with van der Waals surface area (Å²) in [6, 6.07) is 7.74.